The lowest BCUT2D eigenvalue weighted by Crippen LogP contribution is -2.27. The number of carbonyl (C=O) groups excluding carboxylic acids is 2. The highest BCUT2D eigenvalue weighted by atomic mass is 35.5. The fourth-order valence-corrected chi connectivity index (χ4v) is 5.05. The Bertz CT molecular complexity index is 1520. The highest BCUT2D eigenvalue weighted by Gasteiger charge is 2.35. The normalized spacial score (nSPS) is 14.8. The molecule has 0 unspecified atom stereocenters. The van der Waals surface area contributed by atoms with Crippen molar-refractivity contribution in [1.29, 1.82) is 0 Å². The van der Waals surface area contributed by atoms with E-state index in [1.807, 2.05) is 48.5 Å². The summed E-state index contributed by atoms with van der Waals surface area (Å²) in [5.74, 6) is -0.348. The zero-order chi connectivity index (χ0) is 25.2. The fourth-order valence-electron chi connectivity index (χ4n) is 3.88. The molecule has 1 aliphatic heterocycles. The van der Waals surface area contributed by atoms with Gasteiger partial charge >= 0.3 is 0 Å². The molecule has 1 heterocycles. The van der Waals surface area contributed by atoms with Gasteiger partial charge in [0.2, 0.25) is 0 Å². The van der Waals surface area contributed by atoms with Crippen molar-refractivity contribution < 1.29 is 18.7 Å². The number of imide groups is 1. The van der Waals surface area contributed by atoms with Gasteiger partial charge in [-0.15, -0.1) is 0 Å². The van der Waals surface area contributed by atoms with Crippen LogP contribution in [0.1, 0.15) is 16.7 Å². The summed E-state index contributed by atoms with van der Waals surface area (Å²) in [6.07, 6.45) is 1.69. The van der Waals surface area contributed by atoms with E-state index < -0.39 is 17.0 Å². The van der Waals surface area contributed by atoms with Crippen LogP contribution in [0.3, 0.4) is 0 Å². The number of hydrogen-bond donors (Lipinski definition) is 0. The zero-order valence-electron chi connectivity index (χ0n) is 18.7. The van der Waals surface area contributed by atoms with E-state index in [9.17, 15) is 14.0 Å². The topological polar surface area (TPSA) is 46.6 Å². The lowest BCUT2D eigenvalue weighted by atomic mass is 10.0. The Balaban J connectivity index is 1.47. The minimum atomic E-state index is -0.486. The van der Waals surface area contributed by atoms with Gasteiger partial charge in [0.05, 0.1) is 11.4 Å². The van der Waals surface area contributed by atoms with Crippen molar-refractivity contribution in [2.24, 2.45) is 0 Å². The van der Waals surface area contributed by atoms with Crippen LogP contribution in [0, 0.1) is 5.82 Å². The zero-order valence-corrected chi connectivity index (χ0v) is 21.0. The summed E-state index contributed by atoms with van der Waals surface area (Å²) < 4.78 is 19.5. The number of hydrogen-bond acceptors (Lipinski definition) is 4. The molecule has 2 amide bonds. The molecule has 1 saturated heterocycles. The van der Waals surface area contributed by atoms with Crippen LogP contribution in [0.15, 0.2) is 83.8 Å². The van der Waals surface area contributed by atoms with E-state index >= 15 is 0 Å². The number of amides is 2. The van der Waals surface area contributed by atoms with Crippen molar-refractivity contribution in [3.8, 4) is 5.75 Å². The second kappa shape index (κ2) is 10.3. The van der Waals surface area contributed by atoms with Crippen molar-refractivity contribution in [1.82, 2.24) is 4.90 Å². The molecule has 4 aromatic rings. The third kappa shape index (κ3) is 5.12. The molecular formula is C28H18Cl2FNO3S. The molecule has 0 spiro atoms. The Morgan fingerprint density at radius 1 is 0.944 bits per heavy atom. The first-order valence-electron chi connectivity index (χ1n) is 11.0. The molecule has 0 bridgehead atoms. The van der Waals surface area contributed by atoms with Crippen LogP contribution in [-0.2, 0) is 17.9 Å². The number of halogens is 3. The first-order chi connectivity index (χ1) is 17.4. The summed E-state index contributed by atoms with van der Waals surface area (Å²) in [5.41, 5.74) is 2.13. The number of nitrogens with zero attached hydrogens (tertiary/aromatic N) is 1. The lowest BCUT2D eigenvalue weighted by molar-refractivity contribution is -0.123. The average molecular weight is 538 g/mol. The molecule has 1 fully saturated rings. The quantitative estimate of drug-likeness (QED) is 0.233. The molecule has 0 aromatic heterocycles. The van der Waals surface area contributed by atoms with E-state index in [4.69, 9.17) is 27.9 Å². The monoisotopic (exact) mass is 537 g/mol. The van der Waals surface area contributed by atoms with Crippen LogP contribution in [0.25, 0.3) is 16.8 Å². The maximum absolute atomic E-state index is 13.4. The molecule has 5 rings (SSSR count). The summed E-state index contributed by atoms with van der Waals surface area (Å²) in [5, 5.41) is 2.24. The molecule has 0 aliphatic carbocycles. The van der Waals surface area contributed by atoms with E-state index in [0.29, 0.717) is 28.5 Å². The Hall–Kier alpha value is -3.32. The first kappa shape index (κ1) is 24.4. The first-order valence-corrected chi connectivity index (χ1v) is 12.5. The highest BCUT2D eigenvalue weighted by Crippen LogP contribution is 2.38. The second-order valence-electron chi connectivity index (χ2n) is 8.12. The summed E-state index contributed by atoms with van der Waals surface area (Å²) in [6.45, 7) is 0.261. The smallest absolute Gasteiger partial charge is 0.293 e. The largest absolute Gasteiger partial charge is 0.488 e. The number of carbonyl (C=O) groups is 2. The Kier molecular flexibility index (Phi) is 7.01. The van der Waals surface area contributed by atoms with Gasteiger partial charge in [-0.05, 0) is 70.1 Å². The average Bonchev–Trinajstić information content (AvgIpc) is 3.13. The van der Waals surface area contributed by atoms with Crippen molar-refractivity contribution in [2.75, 3.05) is 0 Å². The summed E-state index contributed by atoms with van der Waals surface area (Å²) in [7, 11) is 0. The molecule has 4 nitrogen and oxygen atoms in total. The predicted octanol–water partition coefficient (Wildman–Crippen LogP) is 8.10. The Labute approximate surface area is 221 Å². The number of rotatable bonds is 6. The molecule has 0 atom stereocenters. The minimum absolute atomic E-state index is 0.0451. The van der Waals surface area contributed by atoms with Gasteiger partial charge < -0.3 is 4.74 Å². The maximum atomic E-state index is 13.4. The van der Waals surface area contributed by atoms with E-state index in [1.165, 1.54) is 12.1 Å². The summed E-state index contributed by atoms with van der Waals surface area (Å²) in [4.78, 5) is 27.3. The van der Waals surface area contributed by atoms with Crippen LogP contribution in [-0.4, -0.2) is 16.0 Å². The van der Waals surface area contributed by atoms with Gasteiger partial charge in [0, 0.05) is 15.6 Å². The van der Waals surface area contributed by atoms with Crippen molar-refractivity contribution in [2.45, 2.75) is 13.2 Å². The molecular weight excluding hydrogens is 520 g/mol. The van der Waals surface area contributed by atoms with E-state index in [2.05, 4.69) is 0 Å². The fraction of sp³-hybridized carbons (Fsp3) is 0.0714. The molecule has 4 aromatic carbocycles. The van der Waals surface area contributed by atoms with Crippen molar-refractivity contribution in [3.05, 3.63) is 116 Å². The molecule has 180 valence electrons. The number of ether oxygens (including phenoxy) is 1. The van der Waals surface area contributed by atoms with Gasteiger partial charge in [0.15, 0.2) is 0 Å². The summed E-state index contributed by atoms with van der Waals surface area (Å²) >= 11 is 12.9. The summed E-state index contributed by atoms with van der Waals surface area (Å²) in [6, 6.07) is 22.8. The number of fused-ring (bicyclic) bond motifs is 1. The van der Waals surface area contributed by atoms with E-state index in [0.717, 1.165) is 39.1 Å². The Morgan fingerprint density at radius 3 is 2.50 bits per heavy atom. The molecule has 0 saturated carbocycles. The van der Waals surface area contributed by atoms with Crippen molar-refractivity contribution >= 4 is 63.0 Å². The molecule has 0 N–H and O–H groups in total. The molecule has 1 aliphatic rings. The number of thioether (sulfide) groups is 1. The van der Waals surface area contributed by atoms with Gasteiger partial charge in [0.25, 0.3) is 11.1 Å². The molecule has 36 heavy (non-hydrogen) atoms. The standard InChI is InChI=1S/C28H18Cl2FNO3S/c29-20-9-5-17(6-10-20)16-35-25-12-8-18-3-1-2-4-22(18)23(25)14-26-27(33)32(28(34)36-26)15-19-7-11-21(31)13-24(19)30/h1-14H,15-16H2/b26-14+. The minimum Gasteiger partial charge on any atom is -0.488 e. The third-order valence-corrected chi connectivity index (χ3v) is 7.24. The lowest BCUT2D eigenvalue weighted by Gasteiger charge is -2.14. The van der Waals surface area contributed by atoms with Gasteiger partial charge in [-0.1, -0.05) is 71.7 Å². The third-order valence-electron chi connectivity index (χ3n) is 5.73. The number of benzene rings is 4. The van der Waals surface area contributed by atoms with E-state index in [1.54, 1.807) is 18.2 Å². The second-order valence-corrected chi connectivity index (χ2v) is 9.95. The highest BCUT2D eigenvalue weighted by molar-refractivity contribution is 8.18. The van der Waals surface area contributed by atoms with Gasteiger partial charge in [-0.3, -0.25) is 14.5 Å². The maximum Gasteiger partial charge on any atom is 0.293 e. The Morgan fingerprint density at radius 2 is 1.72 bits per heavy atom. The van der Waals surface area contributed by atoms with Crippen LogP contribution < -0.4 is 4.74 Å². The molecule has 8 heteroatoms. The van der Waals surface area contributed by atoms with Crippen LogP contribution in [0.5, 0.6) is 5.75 Å². The van der Waals surface area contributed by atoms with Crippen LogP contribution >= 0.6 is 35.0 Å². The predicted molar refractivity (Wildman–Crippen MR) is 143 cm³/mol. The van der Waals surface area contributed by atoms with Crippen molar-refractivity contribution in [3.63, 3.8) is 0 Å². The SMILES string of the molecule is O=C1S/C(=C/c2c(OCc3ccc(Cl)cc3)ccc3ccccc23)C(=O)N1Cc1ccc(F)cc1Cl. The van der Waals surface area contributed by atoms with Gasteiger partial charge in [-0.25, -0.2) is 4.39 Å². The van der Waals surface area contributed by atoms with Gasteiger partial charge in [0.1, 0.15) is 18.2 Å². The van der Waals surface area contributed by atoms with Crippen LogP contribution in [0.4, 0.5) is 9.18 Å². The van der Waals surface area contributed by atoms with Crippen LogP contribution in [0.2, 0.25) is 10.0 Å². The molecule has 0 radical (unpaired) electrons. The van der Waals surface area contributed by atoms with Gasteiger partial charge in [-0.2, -0.15) is 0 Å². The van der Waals surface area contributed by atoms with E-state index in [-0.39, 0.29) is 16.5 Å².